The first-order valence-electron chi connectivity index (χ1n) is 45.9. The lowest BCUT2D eigenvalue weighted by Crippen LogP contribution is -1.92. The first kappa shape index (κ1) is 98.2. The van der Waals surface area contributed by atoms with Crippen LogP contribution in [-0.2, 0) is 6.42 Å². The molecule has 0 bridgehead atoms. The fraction of sp³-hybridized carbons (Fsp3) is 0.234. The molecule has 0 N–H and O–H groups in total. The van der Waals surface area contributed by atoms with Crippen LogP contribution in [0.5, 0.6) is 11.5 Å². The Balaban J connectivity index is 0.000000152. The van der Waals surface area contributed by atoms with Gasteiger partial charge in [0.2, 0.25) is 0 Å². The molecule has 0 radical (unpaired) electrons. The maximum absolute atomic E-state index is 5.82. The molecule has 129 heavy (non-hydrogen) atoms. The molecule has 0 saturated heterocycles. The minimum Gasteiger partial charge on any atom is -0.457 e. The molecule has 0 unspecified atom stereocenters. The van der Waals surface area contributed by atoms with Crippen molar-refractivity contribution in [3.8, 4) is 33.8 Å². The van der Waals surface area contributed by atoms with Gasteiger partial charge in [-0.1, -0.05) is 362 Å². The number of rotatable bonds is 6. The third kappa shape index (κ3) is 28.3. The van der Waals surface area contributed by atoms with Crippen molar-refractivity contribution < 1.29 is 4.74 Å². The summed E-state index contributed by atoms with van der Waals surface area (Å²) < 4.78 is 5.82. The van der Waals surface area contributed by atoms with Crippen LogP contribution in [0.25, 0.3) is 76.1 Å². The number of ether oxygens (including phenoxy) is 1. The molecule has 1 nitrogen and oxygen atoms in total. The van der Waals surface area contributed by atoms with E-state index in [1.165, 1.54) is 249 Å². The Morgan fingerprint density at radius 3 is 1.05 bits per heavy atom. The lowest BCUT2D eigenvalue weighted by molar-refractivity contribution is 0.478. The summed E-state index contributed by atoms with van der Waals surface area (Å²) in [4.78, 5) is 0. The zero-order valence-corrected chi connectivity index (χ0v) is 83.1. The second-order valence-corrected chi connectivity index (χ2v) is 36.9. The fourth-order valence-electron chi connectivity index (χ4n) is 16.9. The Bertz CT molecular complexity index is 6830. The summed E-state index contributed by atoms with van der Waals surface area (Å²) in [6.45, 7) is 62.3. The molecule has 658 valence electrons. The number of benzene rings is 18. The molecule has 0 aliphatic rings. The Labute approximate surface area is 776 Å². The van der Waals surface area contributed by atoms with Crippen LogP contribution in [-0.4, -0.2) is 0 Å². The van der Waals surface area contributed by atoms with Crippen molar-refractivity contribution in [1.82, 2.24) is 0 Å². The third-order valence-corrected chi connectivity index (χ3v) is 24.8. The summed E-state index contributed by atoms with van der Waals surface area (Å²) in [5, 5.41) is 13.5. The van der Waals surface area contributed by atoms with E-state index in [-0.39, 0.29) is 0 Å². The highest BCUT2D eigenvalue weighted by atomic mass is 16.5. The van der Waals surface area contributed by atoms with Crippen molar-refractivity contribution in [2.75, 3.05) is 0 Å². The lowest BCUT2D eigenvalue weighted by atomic mass is 9.91. The maximum Gasteiger partial charge on any atom is 0.130 e. The SMILES string of the molecule is Cc1cc(C)cc(C)c1.Cc1ccc(-c2ccc(C)c(C)c2C)c(C)c1.Cc1ccc(-c2ccc(C)cc2C)cc1.Cc1ccc(C)c(C)c1.Cc1ccc(Oc2ccc(C)cc2C)cc1.Cc1ccc2c(C)c(C)ccc2c1.Cc1ccc2c(C)c3cc(C)ccc3cc2c1.Cc1ccc2cc3c(C)c(C)ccc3cc2c1.Cc1cccc(Cc2cc(C)cc(C)c2)c1. The van der Waals surface area contributed by atoms with Crippen molar-refractivity contribution in [3.05, 3.63) is 482 Å². The topological polar surface area (TPSA) is 9.23 Å². The smallest absolute Gasteiger partial charge is 0.130 e. The van der Waals surface area contributed by atoms with Crippen molar-refractivity contribution >= 4 is 53.9 Å². The molecule has 1 heteroatoms. The molecule has 0 heterocycles. The van der Waals surface area contributed by atoms with Crippen LogP contribution in [0.1, 0.15) is 172 Å². The summed E-state index contributed by atoms with van der Waals surface area (Å²) in [6, 6.07) is 112. The van der Waals surface area contributed by atoms with Crippen LogP contribution in [0.2, 0.25) is 0 Å². The molecule has 0 aliphatic heterocycles. The quantitative estimate of drug-likeness (QED) is 0.151. The van der Waals surface area contributed by atoms with Crippen LogP contribution in [0.3, 0.4) is 0 Å². The van der Waals surface area contributed by atoms with Crippen LogP contribution in [0, 0.1) is 201 Å². The molecule has 18 aromatic carbocycles. The van der Waals surface area contributed by atoms with E-state index in [1.54, 1.807) is 0 Å². The molecular weight excluding hydrogens is 1550 g/mol. The molecule has 0 atom stereocenters. The van der Waals surface area contributed by atoms with Gasteiger partial charge < -0.3 is 4.74 Å². The van der Waals surface area contributed by atoms with Gasteiger partial charge in [0.25, 0.3) is 0 Å². The first-order valence-corrected chi connectivity index (χ1v) is 45.9. The normalized spacial score (nSPS) is 10.6. The Hall–Kier alpha value is -12.9. The van der Waals surface area contributed by atoms with Gasteiger partial charge >= 0.3 is 0 Å². The standard InChI is InChI=1S/2C17H16.C17H20.C16H18.C15H16O.C15H16.C13H14.2C9H12/c1-11-5-7-16-13(3)17-9-12(2)4-6-14(17)10-15(16)8-11;1-11-4-6-14-10-17-13(3)12(2)5-7-15(17)9-16(14)8-11;1-11-6-8-16(13(3)10-11)17-9-7-12(2)14(4)15(17)5;1-12-5-4-6-15(8-12)11-16-9-13(2)7-14(3)10-16;1-11-4-7-14(8-5-11)16-15-9-6-12(2)10-13(15)3;1-11-4-7-14(8-5-11)15-9-6-12(2)10-13(15)3;1-9-4-7-13-11(3)10(2)5-6-12(13)8-9;1-7-4-8(2)6-9(3)5-7;1-7-4-5-8(2)9(3)6-7/h2*4-10H,1-3H3;6-10H,1-5H3;4-10H,11H2,1-3H3;4-10H,1-3H3;4-10H,1-3H3;4-8H,1-3H3;2*4-6H,1-3H3. The molecule has 0 spiro atoms. The molecule has 18 rings (SSSR count). The molecular formula is C128H140O. The van der Waals surface area contributed by atoms with Crippen molar-refractivity contribution in [2.45, 2.75) is 207 Å². The van der Waals surface area contributed by atoms with E-state index < -0.39 is 0 Å². The minimum absolute atomic E-state index is 0.887. The minimum atomic E-state index is 0.887. The Morgan fingerprint density at radius 1 is 0.163 bits per heavy atom. The van der Waals surface area contributed by atoms with E-state index >= 15 is 0 Å². The van der Waals surface area contributed by atoms with Gasteiger partial charge in [-0.3, -0.25) is 0 Å². The van der Waals surface area contributed by atoms with Gasteiger partial charge in [-0.2, -0.15) is 0 Å². The van der Waals surface area contributed by atoms with Crippen LogP contribution < -0.4 is 4.74 Å². The summed E-state index contributed by atoms with van der Waals surface area (Å²) in [6.07, 6.45) is 1.03. The molecule has 0 amide bonds. The monoisotopic (exact) mass is 1690 g/mol. The third-order valence-electron chi connectivity index (χ3n) is 24.8. The van der Waals surface area contributed by atoms with E-state index in [4.69, 9.17) is 4.74 Å². The highest BCUT2D eigenvalue weighted by Crippen LogP contribution is 2.35. The number of aryl methyl sites for hydroxylation is 27. The van der Waals surface area contributed by atoms with Crippen molar-refractivity contribution in [3.63, 3.8) is 0 Å². The van der Waals surface area contributed by atoms with Gasteiger partial charge in [-0.25, -0.2) is 0 Å². The largest absolute Gasteiger partial charge is 0.457 e. The van der Waals surface area contributed by atoms with Gasteiger partial charge in [0.15, 0.2) is 0 Å². The van der Waals surface area contributed by atoms with Gasteiger partial charge in [0.1, 0.15) is 11.5 Å². The van der Waals surface area contributed by atoms with E-state index in [1.807, 2.05) is 18.2 Å². The first-order chi connectivity index (χ1) is 61.3. The van der Waals surface area contributed by atoms with E-state index in [0.29, 0.717) is 0 Å². The van der Waals surface area contributed by atoms with Crippen LogP contribution in [0.4, 0.5) is 0 Å². The molecule has 18 aromatic rings. The maximum atomic E-state index is 5.82. The Morgan fingerprint density at radius 2 is 0.519 bits per heavy atom. The number of hydrogen-bond acceptors (Lipinski definition) is 1. The van der Waals surface area contributed by atoms with E-state index in [0.717, 1.165) is 17.9 Å². The summed E-state index contributed by atoms with van der Waals surface area (Å²) in [7, 11) is 0. The average molecular weight is 1690 g/mol. The second-order valence-electron chi connectivity index (χ2n) is 36.9. The van der Waals surface area contributed by atoms with Gasteiger partial charge in [-0.15, -0.1) is 0 Å². The lowest BCUT2D eigenvalue weighted by Gasteiger charge is -2.14. The van der Waals surface area contributed by atoms with E-state index in [9.17, 15) is 0 Å². The summed E-state index contributed by atoms with van der Waals surface area (Å²) >= 11 is 0. The van der Waals surface area contributed by atoms with Crippen LogP contribution >= 0.6 is 0 Å². The molecule has 0 fully saturated rings. The van der Waals surface area contributed by atoms with Gasteiger partial charge in [-0.05, 0) is 403 Å². The highest BCUT2D eigenvalue weighted by Gasteiger charge is 2.12. The second kappa shape index (κ2) is 45.7. The van der Waals surface area contributed by atoms with Gasteiger partial charge in [0.05, 0.1) is 0 Å². The van der Waals surface area contributed by atoms with Crippen molar-refractivity contribution in [2.24, 2.45) is 0 Å². The summed E-state index contributed by atoms with van der Waals surface area (Å²) in [5.41, 5.74) is 47.1. The summed E-state index contributed by atoms with van der Waals surface area (Å²) in [5.74, 6) is 1.81. The number of fused-ring (bicyclic) bond motifs is 5. The highest BCUT2D eigenvalue weighted by molar-refractivity contribution is 6.03. The zero-order valence-electron chi connectivity index (χ0n) is 83.1. The molecule has 0 aliphatic carbocycles. The van der Waals surface area contributed by atoms with Crippen LogP contribution in [0.15, 0.2) is 309 Å². The van der Waals surface area contributed by atoms with E-state index in [2.05, 4.69) is 492 Å². The Kier molecular flexibility index (Phi) is 34.8. The average Bonchev–Trinajstić information content (AvgIpc) is 0.784. The fourth-order valence-corrected chi connectivity index (χ4v) is 16.9. The van der Waals surface area contributed by atoms with Gasteiger partial charge in [0, 0.05) is 0 Å². The predicted molar refractivity (Wildman–Crippen MR) is 570 cm³/mol. The molecule has 0 saturated carbocycles. The number of hydrogen-bond donors (Lipinski definition) is 0. The predicted octanol–water partition coefficient (Wildman–Crippen LogP) is 36.6. The van der Waals surface area contributed by atoms with Crippen molar-refractivity contribution in [1.29, 1.82) is 0 Å². The zero-order chi connectivity index (χ0) is 93.6. The molecule has 0 aromatic heterocycles.